The number of hydrogen-bond donors (Lipinski definition) is 1. The Bertz CT molecular complexity index is 303. The van der Waals surface area contributed by atoms with Crippen LogP contribution in [0.3, 0.4) is 0 Å². The van der Waals surface area contributed by atoms with E-state index in [9.17, 15) is 4.57 Å². The molecule has 0 bridgehead atoms. The molecule has 1 N–H and O–H groups in total. The summed E-state index contributed by atoms with van der Waals surface area (Å²) in [4.78, 5) is 9.00. The Hall–Kier alpha value is 0.629. The molecule has 24 heavy (non-hydrogen) atoms. The quantitative estimate of drug-likeness (QED) is 0.145. The van der Waals surface area contributed by atoms with E-state index in [1.807, 2.05) is 0 Å². The predicted molar refractivity (Wildman–Crippen MR) is 96.4 cm³/mol. The van der Waals surface area contributed by atoms with Gasteiger partial charge < -0.3 is 0 Å². The molecule has 0 rings (SSSR count). The molecule has 0 spiro atoms. The van der Waals surface area contributed by atoms with Gasteiger partial charge in [0, 0.05) is 0 Å². The summed E-state index contributed by atoms with van der Waals surface area (Å²) in [6.45, 7) is 2.53. The van der Waals surface area contributed by atoms with Gasteiger partial charge in [0.15, 0.2) is 0 Å². The Labute approximate surface area is 158 Å². The molecule has 1 unspecified atom stereocenters. The van der Waals surface area contributed by atoms with Crippen LogP contribution < -0.4 is 0 Å². The van der Waals surface area contributed by atoms with Crippen molar-refractivity contribution in [3.63, 3.8) is 0 Å². The van der Waals surface area contributed by atoms with Crippen LogP contribution in [-0.2, 0) is 29.0 Å². The summed E-state index contributed by atoms with van der Waals surface area (Å²) in [6.07, 6.45) is 20.9. The Kier molecular flexibility index (Phi) is 18.9. The molecule has 0 amide bonds. The third kappa shape index (κ3) is 19.0. The van der Waals surface area contributed by atoms with Crippen LogP contribution in [0.15, 0.2) is 0 Å². The molecule has 0 aliphatic heterocycles. The molecular weight excluding hydrogens is 367 g/mol. The van der Waals surface area contributed by atoms with Crippen LogP contribution in [0.4, 0.5) is 0 Å². The predicted octanol–water partition coefficient (Wildman–Crippen LogP) is 6.84. The summed E-state index contributed by atoms with van der Waals surface area (Å²) in [5.41, 5.74) is 0. The zero-order chi connectivity index (χ0) is 17.9. The van der Waals surface area contributed by atoms with Gasteiger partial charge in [0.1, 0.15) is 0 Å². The molecule has 1 atom stereocenters. The van der Waals surface area contributed by atoms with Crippen molar-refractivity contribution in [2.75, 3.05) is 6.61 Å². The normalized spacial score (nSPS) is 14.0. The van der Waals surface area contributed by atoms with Gasteiger partial charge in [0.2, 0.25) is 0 Å². The number of hydrogen-bond acceptors (Lipinski definition) is 3. The summed E-state index contributed by atoms with van der Waals surface area (Å²) >= 11 is 2.91. The average Bonchev–Trinajstić information content (AvgIpc) is 2.57. The standard InChI is InChI=1S/C18H39O4P.Fe/c1-2-3-4-5-6-7-8-9-10-11-12-13-14-15-16-17-18-22-23(19,20)21;/h2-18H2,1H3,(H2,19,20,21);/q;+1/p-1. The second-order valence-electron chi connectivity index (χ2n) is 6.67. The monoisotopic (exact) mass is 405 g/mol. The molecule has 0 aromatic heterocycles. The third-order valence-corrected chi connectivity index (χ3v) is 5.77. The van der Waals surface area contributed by atoms with E-state index >= 15 is 0 Å². The first-order valence-corrected chi connectivity index (χ1v) is 11.8. The minimum atomic E-state index is -3.87. The SMILES string of the molecule is CCCCCCCCCCCCCCCCCCOP(=O)(O)[O][Fe]. The number of unbranched alkanes of at least 4 members (excludes halogenated alkanes) is 15. The first kappa shape index (κ1) is 24.6. The van der Waals surface area contributed by atoms with Crippen molar-refractivity contribution < 1.29 is 33.9 Å². The third-order valence-electron chi connectivity index (χ3n) is 4.33. The fourth-order valence-corrected chi connectivity index (χ4v) is 3.42. The molecule has 0 heterocycles. The van der Waals surface area contributed by atoms with Gasteiger partial charge in [0.05, 0.1) is 0 Å². The van der Waals surface area contributed by atoms with Crippen molar-refractivity contribution in [1.82, 2.24) is 0 Å². The summed E-state index contributed by atoms with van der Waals surface area (Å²) in [6, 6.07) is 0. The van der Waals surface area contributed by atoms with Gasteiger partial charge in [-0.1, -0.05) is 58.3 Å². The number of phosphoric ester groups is 1. The van der Waals surface area contributed by atoms with E-state index in [1.165, 1.54) is 89.9 Å². The first-order valence-electron chi connectivity index (χ1n) is 9.89. The topological polar surface area (TPSA) is 55.8 Å². The molecule has 0 radical (unpaired) electrons. The second-order valence-corrected chi connectivity index (χ2v) is 8.60. The van der Waals surface area contributed by atoms with Crippen LogP contribution >= 0.6 is 7.82 Å². The maximum absolute atomic E-state index is 11.0. The molecule has 0 fully saturated rings. The van der Waals surface area contributed by atoms with Crippen LogP contribution in [0, 0.1) is 0 Å². The second kappa shape index (κ2) is 18.4. The van der Waals surface area contributed by atoms with Gasteiger partial charge in [-0.15, -0.1) is 0 Å². The van der Waals surface area contributed by atoms with Gasteiger partial charge >= 0.3 is 99.7 Å². The summed E-state index contributed by atoms with van der Waals surface area (Å²) in [5.74, 6) is 0. The van der Waals surface area contributed by atoms with Crippen LogP contribution in [0.1, 0.15) is 110 Å². The van der Waals surface area contributed by atoms with E-state index in [0.29, 0.717) is 0 Å². The summed E-state index contributed by atoms with van der Waals surface area (Å²) in [5, 5.41) is 0. The zero-order valence-electron chi connectivity index (χ0n) is 15.5. The molecule has 0 aromatic carbocycles. The molecule has 0 aromatic rings. The zero-order valence-corrected chi connectivity index (χ0v) is 17.5. The van der Waals surface area contributed by atoms with Gasteiger partial charge in [-0.2, -0.15) is 0 Å². The molecule has 6 heteroatoms. The van der Waals surface area contributed by atoms with Crippen molar-refractivity contribution >= 4 is 7.82 Å². The van der Waals surface area contributed by atoms with Gasteiger partial charge in [0.25, 0.3) is 0 Å². The van der Waals surface area contributed by atoms with Crippen LogP contribution in [-0.4, -0.2) is 11.5 Å². The molecular formula is C18H38FeO4P. The Morgan fingerprint density at radius 3 is 1.38 bits per heavy atom. The van der Waals surface area contributed by atoms with Gasteiger partial charge in [-0.25, -0.2) is 0 Å². The first-order chi connectivity index (χ1) is 11.6. The Balaban J connectivity index is 3.06. The van der Waals surface area contributed by atoms with Crippen LogP contribution in [0.2, 0.25) is 0 Å². The van der Waals surface area contributed by atoms with Crippen molar-refractivity contribution in [2.24, 2.45) is 0 Å². The number of rotatable bonds is 19. The minimum absolute atomic E-state index is 0.266. The number of phosphoric acid groups is 1. The molecule has 0 aliphatic carbocycles. The Morgan fingerprint density at radius 1 is 0.708 bits per heavy atom. The van der Waals surface area contributed by atoms with Crippen LogP contribution in [0.5, 0.6) is 0 Å². The van der Waals surface area contributed by atoms with E-state index in [4.69, 9.17) is 9.42 Å². The van der Waals surface area contributed by atoms with E-state index < -0.39 is 7.82 Å². The molecule has 0 aliphatic rings. The van der Waals surface area contributed by atoms with Crippen molar-refractivity contribution in [3.05, 3.63) is 0 Å². The fourth-order valence-electron chi connectivity index (χ4n) is 2.85. The molecule has 4 nitrogen and oxygen atoms in total. The maximum atomic E-state index is 11.0. The van der Waals surface area contributed by atoms with Crippen molar-refractivity contribution in [3.8, 4) is 0 Å². The van der Waals surface area contributed by atoms with Crippen LogP contribution in [0.25, 0.3) is 0 Å². The van der Waals surface area contributed by atoms with Gasteiger partial charge in [-0.3, -0.25) is 0 Å². The van der Waals surface area contributed by atoms with Crippen molar-refractivity contribution in [1.29, 1.82) is 0 Å². The summed E-state index contributed by atoms with van der Waals surface area (Å²) < 4.78 is 19.8. The molecule has 147 valence electrons. The Morgan fingerprint density at radius 2 is 1.04 bits per heavy atom. The van der Waals surface area contributed by atoms with E-state index in [1.54, 1.807) is 0 Å². The molecule has 0 saturated heterocycles. The van der Waals surface area contributed by atoms with E-state index in [2.05, 4.69) is 26.9 Å². The van der Waals surface area contributed by atoms with E-state index in [0.717, 1.165) is 12.8 Å². The van der Waals surface area contributed by atoms with Crippen molar-refractivity contribution in [2.45, 2.75) is 110 Å². The summed E-state index contributed by atoms with van der Waals surface area (Å²) in [7, 11) is -3.87. The fraction of sp³-hybridized carbons (Fsp3) is 1.00. The average molecular weight is 405 g/mol. The van der Waals surface area contributed by atoms with E-state index in [-0.39, 0.29) is 6.61 Å². The van der Waals surface area contributed by atoms with Gasteiger partial charge in [-0.05, 0) is 0 Å². The molecule has 0 saturated carbocycles.